The van der Waals surface area contributed by atoms with Crippen LogP contribution in [0.2, 0.25) is 0 Å². The highest BCUT2D eigenvalue weighted by molar-refractivity contribution is 6.07. The van der Waals surface area contributed by atoms with Crippen molar-refractivity contribution in [2.75, 3.05) is 20.3 Å². The lowest BCUT2D eigenvalue weighted by atomic mass is 9.63. The number of rotatable bonds is 8. The van der Waals surface area contributed by atoms with Gasteiger partial charge in [-0.2, -0.15) is 0 Å². The predicted octanol–water partition coefficient (Wildman–Crippen LogP) is 4.14. The average molecular weight is 547 g/mol. The Bertz CT molecular complexity index is 1400. The number of nitro groups is 1. The zero-order chi connectivity index (χ0) is 28.5. The summed E-state index contributed by atoms with van der Waals surface area (Å²) in [5.41, 5.74) is -3.06. The first kappa shape index (κ1) is 27.1. The molecular formula is C30H30N2O8. The van der Waals surface area contributed by atoms with Gasteiger partial charge in [0.15, 0.2) is 6.10 Å². The number of nitrogens with one attached hydrogen (secondary N) is 1. The topological polar surface area (TPSA) is 126 Å². The maximum Gasteiger partial charge on any atom is 0.339 e. The number of hydrogen-bond donors (Lipinski definition) is 1. The standard InChI is InChI=1S/C30H30N2O8/c1-4-38-27(33)29(28(34)39-5-2)24-22-17-16-21(37-3)18-23(22)40-26(20-14-10-7-11-15-20)30(24,32(35)36)25(31-29)19-12-8-6-9-13-19/h6-18,24-26,31H,4-5H2,1-3H3/t24-,25+,26-,30+/m0/s1. The van der Waals surface area contributed by atoms with E-state index in [0.717, 1.165) is 0 Å². The third kappa shape index (κ3) is 3.90. The lowest BCUT2D eigenvalue weighted by Gasteiger charge is -2.43. The molecule has 0 unspecified atom stereocenters. The summed E-state index contributed by atoms with van der Waals surface area (Å²) in [5.74, 6) is -2.61. The van der Waals surface area contributed by atoms with Gasteiger partial charge in [-0.25, -0.2) is 9.59 Å². The van der Waals surface area contributed by atoms with E-state index in [9.17, 15) is 19.7 Å². The molecule has 2 aliphatic heterocycles. The molecule has 10 nitrogen and oxygen atoms in total. The maximum absolute atomic E-state index is 14.0. The van der Waals surface area contributed by atoms with E-state index in [4.69, 9.17) is 18.9 Å². The van der Waals surface area contributed by atoms with Crippen molar-refractivity contribution in [3.8, 4) is 11.5 Å². The summed E-state index contributed by atoms with van der Waals surface area (Å²) in [6, 6.07) is 21.1. The third-order valence-corrected chi connectivity index (χ3v) is 7.67. The Balaban J connectivity index is 1.92. The number of carbonyl (C=O) groups excluding carboxylic acids is 2. The number of benzene rings is 3. The van der Waals surface area contributed by atoms with Gasteiger partial charge in [0.1, 0.15) is 23.5 Å². The molecule has 1 N–H and O–H groups in total. The second-order valence-electron chi connectivity index (χ2n) is 9.63. The molecule has 10 heteroatoms. The minimum Gasteiger partial charge on any atom is -0.497 e. The zero-order valence-corrected chi connectivity index (χ0v) is 22.4. The summed E-state index contributed by atoms with van der Waals surface area (Å²) < 4.78 is 22.8. The number of ether oxygens (including phenoxy) is 4. The highest BCUT2D eigenvalue weighted by atomic mass is 16.6. The maximum atomic E-state index is 14.0. The van der Waals surface area contributed by atoms with Crippen molar-refractivity contribution in [2.24, 2.45) is 0 Å². The highest BCUT2D eigenvalue weighted by Crippen LogP contribution is 2.64. The molecule has 0 saturated carbocycles. The van der Waals surface area contributed by atoms with Crippen LogP contribution in [-0.2, 0) is 19.1 Å². The first-order valence-electron chi connectivity index (χ1n) is 13.1. The zero-order valence-electron chi connectivity index (χ0n) is 22.4. The summed E-state index contributed by atoms with van der Waals surface area (Å²) >= 11 is 0. The molecule has 0 spiro atoms. The molecule has 2 heterocycles. The third-order valence-electron chi connectivity index (χ3n) is 7.67. The monoisotopic (exact) mass is 546 g/mol. The van der Waals surface area contributed by atoms with E-state index in [1.807, 2.05) is 0 Å². The molecule has 0 amide bonds. The van der Waals surface area contributed by atoms with Crippen LogP contribution in [0.25, 0.3) is 0 Å². The number of nitrogens with zero attached hydrogens (tertiary/aromatic N) is 1. The van der Waals surface area contributed by atoms with E-state index in [0.29, 0.717) is 16.9 Å². The lowest BCUT2D eigenvalue weighted by Crippen LogP contribution is -2.62. The number of methoxy groups -OCH3 is 1. The fraction of sp³-hybridized carbons (Fsp3) is 0.333. The van der Waals surface area contributed by atoms with Gasteiger partial charge in [0.05, 0.1) is 20.3 Å². The van der Waals surface area contributed by atoms with E-state index < -0.39 is 46.0 Å². The smallest absolute Gasteiger partial charge is 0.339 e. The minimum atomic E-state index is -2.26. The van der Waals surface area contributed by atoms with Crippen molar-refractivity contribution < 1.29 is 33.5 Å². The van der Waals surface area contributed by atoms with Gasteiger partial charge in [-0.15, -0.1) is 0 Å². The Morgan fingerprint density at radius 3 is 2.02 bits per heavy atom. The van der Waals surface area contributed by atoms with E-state index in [-0.39, 0.29) is 24.5 Å². The lowest BCUT2D eigenvalue weighted by molar-refractivity contribution is -0.591. The first-order chi connectivity index (χ1) is 19.4. The Hall–Kier alpha value is -4.44. The second-order valence-corrected chi connectivity index (χ2v) is 9.63. The molecule has 3 aromatic carbocycles. The Morgan fingerprint density at radius 1 is 0.925 bits per heavy atom. The predicted molar refractivity (Wildman–Crippen MR) is 144 cm³/mol. The SMILES string of the molecule is CCOC(=O)C1(C(=O)OCC)N[C@H](c2ccccc2)[C@@]2([N+](=O)[O-])[C@H](c3ccccc3)Oc3cc(OC)ccc3[C@@H]12. The van der Waals surface area contributed by atoms with Crippen LogP contribution in [0.4, 0.5) is 0 Å². The quantitative estimate of drug-likeness (QED) is 0.192. The van der Waals surface area contributed by atoms with Crippen molar-refractivity contribution >= 4 is 11.9 Å². The fourth-order valence-corrected chi connectivity index (χ4v) is 6.12. The van der Waals surface area contributed by atoms with E-state index >= 15 is 0 Å². The van der Waals surface area contributed by atoms with Gasteiger partial charge in [0, 0.05) is 16.6 Å². The van der Waals surface area contributed by atoms with Crippen LogP contribution in [0, 0.1) is 10.1 Å². The molecule has 1 fully saturated rings. The molecule has 3 aromatic rings. The number of esters is 2. The van der Waals surface area contributed by atoms with Crippen molar-refractivity contribution in [1.82, 2.24) is 5.32 Å². The van der Waals surface area contributed by atoms with Gasteiger partial charge in [0.2, 0.25) is 5.54 Å². The molecule has 0 bridgehead atoms. The molecular weight excluding hydrogens is 516 g/mol. The first-order valence-corrected chi connectivity index (χ1v) is 13.1. The van der Waals surface area contributed by atoms with Gasteiger partial charge in [-0.1, -0.05) is 66.7 Å². The summed E-state index contributed by atoms with van der Waals surface area (Å²) in [6.45, 7) is 3.11. The second kappa shape index (κ2) is 10.6. The van der Waals surface area contributed by atoms with Crippen LogP contribution in [0.1, 0.15) is 48.6 Å². The van der Waals surface area contributed by atoms with Crippen LogP contribution in [0.5, 0.6) is 11.5 Å². The summed E-state index contributed by atoms with van der Waals surface area (Å²) in [4.78, 5) is 41.2. The normalized spacial score (nSPS) is 24.1. The molecule has 0 aromatic heterocycles. The highest BCUT2D eigenvalue weighted by Gasteiger charge is 2.82. The molecule has 4 atom stereocenters. The molecule has 40 heavy (non-hydrogen) atoms. The van der Waals surface area contributed by atoms with Crippen molar-refractivity contribution in [3.05, 3.63) is 106 Å². The summed E-state index contributed by atoms with van der Waals surface area (Å²) in [6.07, 6.45) is -1.23. The van der Waals surface area contributed by atoms with Crippen molar-refractivity contribution in [3.63, 3.8) is 0 Å². The van der Waals surface area contributed by atoms with Gasteiger partial charge in [-0.05, 0) is 31.0 Å². The van der Waals surface area contributed by atoms with Gasteiger partial charge in [0.25, 0.3) is 5.54 Å². The van der Waals surface area contributed by atoms with Crippen LogP contribution in [0.15, 0.2) is 78.9 Å². The number of hydrogen-bond acceptors (Lipinski definition) is 9. The van der Waals surface area contributed by atoms with Crippen molar-refractivity contribution in [1.29, 1.82) is 0 Å². The molecule has 1 saturated heterocycles. The minimum absolute atomic E-state index is 0.0516. The van der Waals surface area contributed by atoms with E-state index in [1.54, 1.807) is 92.7 Å². The molecule has 0 radical (unpaired) electrons. The van der Waals surface area contributed by atoms with Crippen molar-refractivity contribution in [2.45, 2.75) is 43.0 Å². The van der Waals surface area contributed by atoms with Crippen LogP contribution in [-0.4, -0.2) is 48.3 Å². The van der Waals surface area contributed by atoms with Gasteiger partial charge < -0.3 is 18.9 Å². The Morgan fingerprint density at radius 2 is 1.50 bits per heavy atom. The molecule has 5 rings (SSSR count). The van der Waals surface area contributed by atoms with E-state index in [1.165, 1.54) is 7.11 Å². The average Bonchev–Trinajstić information content (AvgIpc) is 3.32. The molecule has 208 valence electrons. The Labute approximate surface area is 231 Å². The Kier molecular flexibility index (Phi) is 7.20. The number of carbonyl (C=O) groups is 2. The number of fused-ring (bicyclic) bond motifs is 3. The van der Waals surface area contributed by atoms with Gasteiger partial charge >= 0.3 is 11.9 Å². The summed E-state index contributed by atoms with van der Waals surface area (Å²) in [7, 11) is 1.49. The van der Waals surface area contributed by atoms with Crippen LogP contribution in [0.3, 0.4) is 0 Å². The van der Waals surface area contributed by atoms with E-state index in [2.05, 4.69) is 5.32 Å². The van der Waals surface area contributed by atoms with Gasteiger partial charge in [-0.3, -0.25) is 15.4 Å². The fourth-order valence-electron chi connectivity index (χ4n) is 6.12. The molecule has 0 aliphatic carbocycles. The largest absolute Gasteiger partial charge is 0.497 e. The summed E-state index contributed by atoms with van der Waals surface area (Å²) in [5, 5.41) is 16.8. The molecule has 2 aliphatic rings. The van der Waals surface area contributed by atoms with Crippen LogP contribution >= 0.6 is 0 Å². The van der Waals surface area contributed by atoms with Crippen LogP contribution < -0.4 is 14.8 Å².